The zero-order valence-corrected chi connectivity index (χ0v) is 11.2. The second-order valence-corrected chi connectivity index (χ2v) is 4.41. The van der Waals surface area contributed by atoms with Crippen LogP contribution < -0.4 is 5.32 Å². The van der Waals surface area contributed by atoms with Crippen LogP contribution >= 0.6 is 12.4 Å². The van der Waals surface area contributed by atoms with E-state index >= 15 is 0 Å². The molecule has 0 aromatic carbocycles. The Morgan fingerprint density at radius 2 is 2.28 bits per heavy atom. The lowest BCUT2D eigenvalue weighted by Crippen LogP contribution is -2.15. The molecule has 1 fully saturated rings. The first-order valence-corrected chi connectivity index (χ1v) is 6.05. The van der Waals surface area contributed by atoms with Crippen molar-refractivity contribution in [2.45, 2.75) is 25.8 Å². The molecule has 96 valence electrons. The van der Waals surface area contributed by atoms with E-state index in [2.05, 4.69) is 22.4 Å². The molecule has 0 radical (unpaired) electrons. The third-order valence-corrected chi connectivity index (χ3v) is 3.25. The van der Waals surface area contributed by atoms with Crippen LogP contribution in [0.4, 0.5) is 0 Å². The first kappa shape index (κ1) is 13.1. The molecular weight excluding hydrogens is 248 g/mol. The summed E-state index contributed by atoms with van der Waals surface area (Å²) in [6.45, 7) is 3.09. The van der Waals surface area contributed by atoms with Gasteiger partial charge < -0.3 is 5.32 Å². The molecule has 1 saturated heterocycles. The minimum Gasteiger partial charge on any atom is -0.309 e. The van der Waals surface area contributed by atoms with Crippen molar-refractivity contribution in [1.29, 1.82) is 0 Å². The highest BCUT2D eigenvalue weighted by molar-refractivity contribution is 5.85. The SMILES string of the molecule is Cc1nccn1-c1cccc(C2CCCN2)n1.Cl. The standard InChI is InChI=1S/C13H16N4.ClH/c1-10-14-8-9-17(10)13-6-2-4-12(16-13)11-5-3-7-15-11;/h2,4,6,8-9,11,15H,3,5,7H2,1H3;1H. The third kappa shape index (κ3) is 2.40. The molecule has 2 aromatic heterocycles. The van der Waals surface area contributed by atoms with Crippen LogP contribution in [0.1, 0.15) is 30.4 Å². The van der Waals surface area contributed by atoms with E-state index in [1.54, 1.807) is 6.20 Å². The molecule has 1 unspecified atom stereocenters. The normalized spacial score (nSPS) is 18.6. The number of nitrogens with zero attached hydrogens (tertiary/aromatic N) is 3. The molecule has 0 amide bonds. The average molecular weight is 265 g/mol. The van der Waals surface area contributed by atoms with Crippen LogP contribution in [0.5, 0.6) is 0 Å². The van der Waals surface area contributed by atoms with Crippen LogP contribution in [-0.4, -0.2) is 21.1 Å². The second-order valence-electron chi connectivity index (χ2n) is 4.41. The van der Waals surface area contributed by atoms with Gasteiger partial charge in [0, 0.05) is 18.4 Å². The van der Waals surface area contributed by atoms with Crippen molar-refractivity contribution in [3.8, 4) is 5.82 Å². The minimum atomic E-state index is 0. The highest BCUT2D eigenvalue weighted by atomic mass is 35.5. The zero-order chi connectivity index (χ0) is 11.7. The van der Waals surface area contributed by atoms with Gasteiger partial charge >= 0.3 is 0 Å². The fraction of sp³-hybridized carbons (Fsp3) is 0.385. The summed E-state index contributed by atoms with van der Waals surface area (Å²) < 4.78 is 2.01. The highest BCUT2D eigenvalue weighted by Crippen LogP contribution is 2.22. The molecule has 1 aliphatic rings. The van der Waals surface area contributed by atoms with Gasteiger partial charge in [0.25, 0.3) is 0 Å². The molecule has 3 heterocycles. The van der Waals surface area contributed by atoms with E-state index in [1.807, 2.05) is 23.8 Å². The number of rotatable bonds is 2. The number of halogens is 1. The van der Waals surface area contributed by atoms with Gasteiger partial charge in [-0.2, -0.15) is 0 Å². The molecule has 1 aliphatic heterocycles. The maximum atomic E-state index is 4.72. The summed E-state index contributed by atoms with van der Waals surface area (Å²) in [5.74, 6) is 1.92. The number of imidazole rings is 1. The molecule has 4 nitrogen and oxygen atoms in total. The number of hydrogen-bond acceptors (Lipinski definition) is 3. The van der Waals surface area contributed by atoms with Crippen LogP contribution in [0.3, 0.4) is 0 Å². The molecule has 0 spiro atoms. The van der Waals surface area contributed by atoms with Gasteiger partial charge in [0.2, 0.25) is 0 Å². The lowest BCUT2D eigenvalue weighted by atomic mass is 10.1. The first-order chi connectivity index (χ1) is 8.34. The largest absolute Gasteiger partial charge is 0.309 e. The van der Waals surface area contributed by atoms with Crippen LogP contribution in [0.2, 0.25) is 0 Å². The summed E-state index contributed by atoms with van der Waals surface area (Å²) in [5.41, 5.74) is 1.13. The van der Waals surface area contributed by atoms with E-state index in [1.165, 1.54) is 12.8 Å². The fourth-order valence-corrected chi connectivity index (χ4v) is 2.32. The van der Waals surface area contributed by atoms with Crippen molar-refractivity contribution in [3.63, 3.8) is 0 Å². The predicted molar refractivity (Wildman–Crippen MR) is 73.3 cm³/mol. The number of nitrogens with one attached hydrogen (secondary N) is 1. The lowest BCUT2D eigenvalue weighted by molar-refractivity contribution is 0.625. The monoisotopic (exact) mass is 264 g/mol. The second kappa shape index (κ2) is 5.50. The van der Waals surface area contributed by atoms with Gasteiger partial charge in [-0.1, -0.05) is 6.07 Å². The van der Waals surface area contributed by atoms with Crippen molar-refractivity contribution in [2.75, 3.05) is 6.54 Å². The van der Waals surface area contributed by atoms with Crippen molar-refractivity contribution in [3.05, 3.63) is 42.1 Å². The van der Waals surface area contributed by atoms with Gasteiger partial charge in [0.05, 0.1) is 5.69 Å². The van der Waals surface area contributed by atoms with Crippen LogP contribution in [0, 0.1) is 6.92 Å². The Labute approximate surface area is 113 Å². The summed E-state index contributed by atoms with van der Waals surface area (Å²) in [6.07, 6.45) is 6.17. The van der Waals surface area contributed by atoms with Crippen LogP contribution in [0.15, 0.2) is 30.6 Å². The van der Waals surface area contributed by atoms with Crippen molar-refractivity contribution < 1.29 is 0 Å². The van der Waals surface area contributed by atoms with Crippen molar-refractivity contribution in [2.24, 2.45) is 0 Å². The summed E-state index contributed by atoms with van der Waals surface area (Å²) in [6, 6.07) is 6.60. The van der Waals surface area contributed by atoms with Gasteiger partial charge in [0.15, 0.2) is 0 Å². The average Bonchev–Trinajstić information content (AvgIpc) is 2.99. The number of aromatic nitrogens is 3. The quantitative estimate of drug-likeness (QED) is 0.906. The third-order valence-electron chi connectivity index (χ3n) is 3.25. The molecule has 2 aromatic rings. The summed E-state index contributed by atoms with van der Waals surface area (Å²) in [4.78, 5) is 8.95. The highest BCUT2D eigenvalue weighted by Gasteiger charge is 2.17. The Balaban J connectivity index is 0.00000120. The Hall–Kier alpha value is -1.39. The van der Waals surface area contributed by atoms with E-state index in [-0.39, 0.29) is 12.4 Å². The molecule has 5 heteroatoms. The molecule has 0 saturated carbocycles. The van der Waals surface area contributed by atoms with Crippen molar-refractivity contribution in [1.82, 2.24) is 19.9 Å². The van der Waals surface area contributed by atoms with Gasteiger partial charge in [-0.25, -0.2) is 9.97 Å². The van der Waals surface area contributed by atoms with E-state index < -0.39 is 0 Å². The Morgan fingerprint density at radius 3 is 2.94 bits per heavy atom. The van der Waals surface area contributed by atoms with Gasteiger partial charge in [-0.15, -0.1) is 12.4 Å². The van der Waals surface area contributed by atoms with E-state index in [0.717, 1.165) is 23.9 Å². The lowest BCUT2D eigenvalue weighted by Gasteiger charge is -2.11. The summed E-state index contributed by atoms with van der Waals surface area (Å²) in [5, 5.41) is 3.47. The maximum Gasteiger partial charge on any atom is 0.138 e. The molecule has 1 N–H and O–H groups in total. The number of aryl methyl sites for hydroxylation is 1. The molecular formula is C13H17ClN4. The molecule has 0 bridgehead atoms. The summed E-state index contributed by atoms with van der Waals surface area (Å²) in [7, 11) is 0. The molecule has 3 rings (SSSR count). The zero-order valence-electron chi connectivity index (χ0n) is 10.3. The Morgan fingerprint density at radius 1 is 1.39 bits per heavy atom. The van der Waals surface area contributed by atoms with Gasteiger partial charge in [0.1, 0.15) is 11.6 Å². The predicted octanol–water partition coefficient (Wildman–Crippen LogP) is 2.42. The number of pyridine rings is 1. The Kier molecular flexibility index (Phi) is 3.99. The first-order valence-electron chi connectivity index (χ1n) is 6.05. The van der Waals surface area contributed by atoms with Gasteiger partial charge in [-0.05, 0) is 38.4 Å². The summed E-state index contributed by atoms with van der Waals surface area (Å²) >= 11 is 0. The number of hydrogen-bond donors (Lipinski definition) is 1. The Bertz CT molecular complexity index is 517. The maximum absolute atomic E-state index is 4.72. The molecule has 0 aliphatic carbocycles. The van der Waals surface area contributed by atoms with E-state index in [4.69, 9.17) is 4.98 Å². The fourth-order valence-electron chi connectivity index (χ4n) is 2.32. The van der Waals surface area contributed by atoms with Gasteiger partial charge in [-0.3, -0.25) is 4.57 Å². The van der Waals surface area contributed by atoms with Crippen LogP contribution in [-0.2, 0) is 0 Å². The minimum absolute atomic E-state index is 0. The molecule has 18 heavy (non-hydrogen) atoms. The smallest absolute Gasteiger partial charge is 0.138 e. The van der Waals surface area contributed by atoms with E-state index in [9.17, 15) is 0 Å². The van der Waals surface area contributed by atoms with Crippen molar-refractivity contribution >= 4 is 12.4 Å². The molecule has 1 atom stereocenters. The topological polar surface area (TPSA) is 42.7 Å². The van der Waals surface area contributed by atoms with E-state index in [0.29, 0.717) is 6.04 Å². The van der Waals surface area contributed by atoms with Crippen LogP contribution in [0.25, 0.3) is 5.82 Å².